The highest BCUT2D eigenvalue weighted by Gasteiger charge is 2.33. The van der Waals surface area contributed by atoms with Gasteiger partial charge >= 0.3 is 0 Å². The normalized spacial score (nSPS) is 21.6. The number of anilines is 1. The average molecular weight is 358 g/mol. The minimum Gasteiger partial charge on any atom is -0.497 e. The van der Waals surface area contributed by atoms with E-state index in [1.54, 1.807) is 25.6 Å². The molecule has 25 heavy (non-hydrogen) atoms. The Bertz CT molecular complexity index is 830. The van der Waals surface area contributed by atoms with Crippen molar-refractivity contribution in [3.63, 3.8) is 0 Å². The number of ether oxygens (including phenoxy) is 2. The monoisotopic (exact) mass is 358 g/mol. The molecule has 6 heteroatoms. The zero-order valence-corrected chi connectivity index (χ0v) is 15.5. The number of hydrogen-bond donors (Lipinski definition) is 2. The highest BCUT2D eigenvalue weighted by atomic mass is 32.1. The first-order valence-electron chi connectivity index (χ1n) is 8.54. The van der Waals surface area contributed by atoms with E-state index < -0.39 is 0 Å². The summed E-state index contributed by atoms with van der Waals surface area (Å²) in [5.41, 5.74) is 2.97. The van der Waals surface area contributed by atoms with Crippen LogP contribution in [0.2, 0.25) is 0 Å². The number of fused-ring (bicyclic) bond motifs is 3. The molecule has 132 valence electrons. The van der Waals surface area contributed by atoms with Crippen LogP contribution in [0.3, 0.4) is 0 Å². The van der Waals surface area contributed by atoms with Crippen molar-refractivity contribution in [1.29, 1.82) is 0 Å². The topological polar surface area (TPSA) is 59.6 Å². The van der Waals surface area contributed by atoms with Gasteiger partial charge in [-0.2, -0.15) is 0 Å². The van der Waals surface area contributed by atoms with Crippen molar-refractivity contribution in [2.45, 2.75) is 32.4 Å². The minimum atomic E-state index is -0.307. The van der Waals surface area contributed by atoms with Crippen LogP contribution in [0, 0.1) is 5.92 Å². The molecule has 1 aromatic heterocycles. The Balaban J connectivity index is 1.69. The van der Waals surface area contributed by atoms with Crippen molar-refractivity contribution in [3.05, 3.63) is 39.8 Å². The summed E-state index contributed by atoms with van der Waals surface area (Å²) >= 11 is 1.73. The van der Waals surface area contributed by atoms with Crippen LogP contribution in [-0.2, 0) is 12.8 Å². The van der Waals surface area contributed by atoms with Gasteiger partial charge in [-0.1, -0.05) is 6.92 Å². The van der Waals surface area contributed by atoms with Gasteiger partial charge < -0.3 is 20.1 Å². The third kappa shape index (κ3) is 2.74. The lowest BCUT2D eigenvalue weighted by Gasteiger charge is -2.28. The molecule has 2 atom stereocenters. The summed E-state index contributed by atoms with van der Waals surface area (Å²) in [7, 11) is 3.25. The standard InChI is InChI=1S/C19H22N2O3S/c1-10-4-6-13-15(8-10)25-19-16(13)18(22)20-17(21-19)12-7-5-11(23-2)9-14(12)24-3/h5,7,9-10,17,21H,4,6,8H2,1-3H3,(H,20,22)/t10-,17+/m0/s1. The van der Waals surface area contributed by atoms with E-state index in [4.69, 9.17) is 9.47 Å². The van der Waals surface area contributed by atoms with Gasteiger partial charge in [0, 0.05) is 16.5 Å². The Morgan fingerprint density at radius 2 is 2.04 bits per heavy atom. The summed E-state index contributed by atoms with van der Waals surface area (Å²) in [6.45, 7) is 2.28. The summed E-state index contributed by atoms with van der Waals surface area (Å²) in [4.78, 5) is 14.2. The third-order valence-electron chi connectivity index (χ3n) is 5.04. The van der Waals surface area contributed by atoms with Gasteiger partial charge in [-0.3, -0.25) is 4.79 Å². The Hall–Kier alpha value is -2.21. The lowest BCUT2D eigenvalue weighted by atomic mass is 9.88. The number of methoxy groups -OCH3 is 2. The van der Waals surface area contributed by atoms with Gasteiger partial charge in [0.2, 0.25) is 0 Å². The first kappa shape index (κ1) is 16.3. The first-order valence-corrected chi connectivity index (χ1v) is 9.36. The molecule has 0 saturated carbocycles. The Morgan fingerprint density at radius 3 is 2.80 bits per heavy atom. The van der Waals surface area contributed by atoms with E-state index in [1.165, 1.54) is 10.4 Å². The van der Waals surface area contributed by atoms with E-state index in [0.717, 1.165) is 41.1 Å². The second-order valence-electron chi connectivity index (χ2n) is 6.71. The van der Waals surface area contributed by atoms with Crippen molar-refractivity contribution >= 4 is 22.2 Å². The maximum Gasteiger partial charge on any atom is 0.256 e. The minimum absolute atomic E-state index is 0.00340. The lowest BCUT2D eigenvalue weighted by Crippen LogP contribution is -2.38. The lowest BCUT2D eigenvalue weighted by molar-refractivity contribution is 0.0934. The number of carbonyl (C=O) groups excluding carboxylic acids is 1. The van der Waals surface area contributed by atoms with Gasteiger partial charge in [-0.25, -0.2) is 0 Å². The predicted octanol–water partition coefficient (Wildman–Crippen LogP) is 3.74. The summed E-state index contributed by atoms with van der Waals surface area (Å²) in [6.07, 6.45) is 2.91. The SMILES string of the molecule is COc1ccc([C@@H]2NC(=O)c3c(sc4c3CC[C@H](C)C4)N2)c(OC)c1. The highest BCUT2D eigenvalue weighted by molar-refractivity contribution is 7.16. The highest BCUT2D eigenvalue weighted by Crippen LogP contribution is 2.43. The molecule has 0 radical (unpaired) electrons. The molecule has 0 saturated heterocycles. The van der Waals surface area contributed by atoms with Crippen LogP contribution in [0.15, 0.2) is 18.2 Å². The van der Waals surface area contributed by atoms with Gasteiger partial charge in [-0.15, -0.1) is 11.3 Å². The molecule has 1 aromatic carbocycles. The number of thiophene rings is 1. The molecule has 1 amide bonds. The van der Waals surface area contributed by atoms with Crippen LogP contribution >= 0.6 is 11.3 Å². The molecule has 1 aliphatic carbocycles. The second kappa shape index (κ2) is 6.26. The summed E-state index contributed by atoms with van der Waals surface area (Å²) in [5, 5.41) is 7.56. The van der Waals surface area contributed by atoms with Crippen LogP contribution in [-0.4, -0.2) is 20.1 Å². The van der Waals surface area contributed by atoms with Gasteiger partial charge in [-0.05, 0) is 42.9 Å². The molecule has 2 heterocycles. The Kier molecular flexibility index (Phi) is 4.07. The van der Waals surface area contributed by atoms with E-state index in [-0.39, 0.29) is 12.1 Å². The molecule has 0 bridgehead atoms. The third-order valence-corrected chi connectivity index (χ3v) is 6.23. The molecule has 2 N–H and O–H groups in total. The Labute approximate surface area is 151 Å². The average Bonchev–Trinajstić information content (AvgIpc) is 2.98. The van der Waals surface area contributed by atoms with Gasteiger partial charge in [0.1, 0.15) is 22.7 Å². The van der Waals surface area contributed by atoms with Crippen molar-refractivity contribution in [2.24, 2.45) is 5.92 Å². The van der Waals surface area contributed by atoms with E-state index in [2.05, 4.69) is 17.6 Å². The summed E-state index contributed by atoms with van der Waals surface area (Å²) < 4.78 is 10.7. The maximum absolute atomic E-state index is 12.8. The van der Waals surface area contributed by atoms with E-state index in [1.807, 2.05) is 18.2 Å². The molecule has 0 fully saturated rings. The summed E-state index contributed by atoms with van der Waals surface area (Å²) in [5.74, 6) is 2.11. The quantitative estimate of drug-likeness (QED) is 0.877. The fraction of sp³-hybridized carbons (Fsp3) is 0.421. The number of hydrogen-bond acceptors (Lipinski definition) is 5. The van der Waals surface area contributed by atoms with Crippen LogP contribution in [0.4, 0.5) is 5.00 Å². The fourth-order valence-corrected chi connectivity index (χ4v) is 5.11. The number of rotatable bonds is 3. The van der Waals surface area contributed by atoms with Crippen LogP contribution in [0.1, 0.15) is 45.9 Å². The van der Waals surface area contributed by atoms with Crippen LogP contribution < -0.4 is 20.1 Å². The molecule has 0 unspecified atom stereocenters. The number of amides is 1. The number of carbonyl (C=O) groups is 1. The van der Waals surface area contributed by atoms with Crippen LogP contribution in [0.5, 0.6) is 11.5 Å². The zero-order chi connectivity index (χ0) is 17.6. The number of nitrogens with one attached hydrogen (secondary N) is 2. The van der Waals surface area contributed by atoms with Gasteiger partial charge in [0.25, 0.3) is 5.91 Å². The summed E-state index contributed by atoms with van der Waals surface area (Å²) in [6, 6.07) is 5.64. The van der Waals surface area contributed by atoms with Crippen molar-refractivity contribution in [2.75, 3.05) is 19.5 Å². The molecule has 0 spiro atoms. The molecular formula is C19H22N2O3S. The number of benzene rings is 1. The molecular weight excluding hydrogens is 336 g/mol. The molecule has 2 aliphatic rings. The zero-order valence-electron chi connectivity index (χ0n) is 14.6. The maximum atomic E-state index is 12.8. The van der Waals surface area contributed by atoms with E-state index in [9.17, 15) is 4.79 Å². The smallest absolute Gasteiger partial charge is 0.256 e. The van der Waals surface area contributed by atoms with E-state index >= 15 is 0 Å². The van der Waals surface area contributed by atoms with E-state index in [0.29, 0.717) is 11.7 Å². The van der Waals surface area contributed by atoms with Gasteiger partial charge in [0.05, 0.1) is 19.8 Å². The predicted molar refractivity (Wildman–Crippen MR) is 98.9 cm³/mol. The first-order chi connectivity index (χ1) is 12.1. The van der Waals surface area contributed by atoms with Gasteiger partial charge in [0.15, 0.2) is 0 Å². The molecule has 1 aliphatic heterocycles. The largest absolute Gasteiger partial charge is 0.497 e. The second-order valence-corrected chi connectivity index (χ2v) is 7.82. The Morgan fingerprint density at radius 1 is 1.20 bits per heavy atom. The van der Waals surface area contributed by atoms with Crippen LogP contribution in [0.25, 0.3) is 0 Å². The van der Waals surface area contributed by atoms with Crippen molar-refractivity contribution in [1.82, 2.24) is 5.32 Å². The molecule has 5 nitrogen and oxygen atoms in total. The van der Waals surface area contributed by atoms with Crippen molar-refractivity contribution < 1.29 is 14.3 Å². The fourth-order valence-electron chi connectivity index (χ4n) is 3.68. The van der Waals surface area contributed by atoms with Crippen molar-refractivity contribution in [3.8, 4) is 11.5 Å². The molecule has 4 rings (SSSR count). The molecule has 2 aromatic rings.